The second-order valence-corrected chi connectivity index (χ2v) is 7.61. The summed E-state index contributed by atoms with van der Waals surface area (Å²) in [5.41, 5.74) is 14.2. The van der Waals surface area contributed by atoms with Crippen molar-refractivity contribution in [3.05, 3.63) is 108 Å². The molecule has 0 amide bonds. The average Bonchev–Trinajstić information content (AvgIpc) is 3.26. The molecule has 0 bridgehead atoms. The highest BCUT2D eigenvalue weighted by Crippen LogP contribution is 2.48. The minimum Gasteiger partial charge on any atom is -0.384 e. The van der Waals surface area contributed by atoms with Gasteiger partial charge in [-0.15, -0.1) is 0 Å². The molecule has 0 saturated heterocycles. The maximum atomic E-state index is 7.86. The van der Waals surface area contributed by atoms with Crippen LogP contribution in [0.4, 0.5) is 0 Å². The van der Waals surface area contributed by atoms with E-state index in [1.54, 1.807) is 0 Å². The van der Waals surface area contributed by atoms with Crippen molar-refractivity contribution in [1.29, 1.82) is 5.41 Å². The number of nitrogens with one attached hydrogen (secondary N) is 1. The summed E-state index contributed by atoms with van der Waals surface area (Å²) < 4.78 is 2.44. The van der Waals surface area contributed by atoms with Crippen molar-refractivity contribution in [2.45, 2.75) is 6.04 Å². The lowest BCUT2D eigenvalue weighted by Gasteiger charge is -2.19. The monoisotopic (exact) mass is 373 g/mol. The van der Waals surface area contributed by atoms with E-state index in [-0.39, 0.29) is 11.9 Å². The third kappa shape index (κ3) is 2.15. The van der Waals surface area contributed by atoms with Crippen molar-refractivity contribution in [1.82, 2.24) is 4.57 Å². The van der Waals surface area contributed by atoms with Crippen molar-refractivity contribution in [3.63, 3.8) is 0 Å². The number of fused-ring (bicyclic) bond motifs is 6. The summed E-state index contributed by atoms with van der Waals surface area (Å²) in [4.78, 5) is 0. The van der Waals surface area contributed by atoms with Crippen LogP contribution in [0.15, 0.2) is 91.0 Å². The first-order chi connectivity index (χ1) is 14.2. The Morgan fingerprint density at radius 1 is 0.690 bits per heavy atom. The number of aromatic nitrogens is 1. The highest BCUT2D eigenvalue weighted by atomic mass is 15.0. The van der Waals surface area contributed by atoms with Crippen LogP contribution in [0.3, 0.4) is 0 Å². The van der Waals surface area contributed by atoms with Gasteiger partial charge in [0, 0.05) is 21.9 Å². The summed E-state index contributed by atoms with van der Waals surface area (Å²) in [6, 6.07) is 32.1. The maximum Gasteiger partial charge on any atom is 0.122 e. The molecule has 1 aromatic heterocycles. The van der Waals surface area contributed by atoms with Crippen LogP contribution in [0.1, 0.15) is 22.7 Å². The Morgan fingerprint density at radius 2 is 1.28 bits per heavy atom. The van der Waals surface area contributed by atoms with E-state index in [1.165, 1.54) is 33.2 Å². The number of nitrogens with two attached hydrogens (primary N) is 1. The highest BCUT2D eigenvalue weighted by molar-refractivity contribution is 6.11. The number of nitrogen functional groups attached to an aromatic ring is 1. The van der Waals surface area contributed by atoms with Crippen molar-refractivity contribution in [3.8, 4) is 11.1 Å². The van der Waals surface area contributed by atoms with Crippen molar-refractivity contribution in [2.75, 3.05) is 0 Å². The third-order valence-electron chi connectivity index (χ3n) is 6.08. The number of benzene rings is 4. The van der Waals surface area contributed by atoms with Crippen LogP contribution in [0, 0.1) is 5.41 Å². The van der Waals surface area contributed by atoms with Crippen LogP contribution >= 0.6 is 0 Å². The number of hydrogen-bond donors (Lipinski definition) is 2. The smallest absolute Gasteiger partial charge is 0.122 e. The van der Waals surface area contributed by atoms with E-state index in [0.717, 1.165) is 16.5 Å². The number of rotatable bonds is 2. The Balaban J connectivity index is 1.75. The normalized spacial score (nSPS) is 13.0. The number of nitrogens with zero attached hydrogens (tertiary/aromatic N) is 1. The molecule has 3 N–H and O–H groups in total. The van der Waals surface area contributed by atoms with Gasteiger partial charge in [-0.25, -0.2) is 0 Å². The van der Waals surface area contributed by atoms with Gasteiger partial charge in [0.1, 0.15) is 5.84 Å². The van der Waals surface area contributed by atoms with E-state index in [1.807, 2.05) is 12.1 Å². The molecule has 6 rings (SSSR count). The largest absolute Gasteiger partial charge is 0.384 e. The van der Waals surface area contributed by atoms with Gasteiger partial charge in [0.15, 0.2) is 0 Å². The molecule has 138 valence electrons. The molecule has 1 heterocycles. The van der Waals surface area contributed by atoms with Crippen molar-refractivity contribution >= 4 is 27.6 Å². The number of amidine groups is 1. The predicted octanol–water partition coefficient (Wildman–Crippen LogP) is 5.70. The molecule has 0 radical (unpaired) electrons. The second-order valence-electron chi connectivity index (χ2n) is 7.61. The summed E-state index contributed by atoms with van der Waals surface area (Å²) in [6.45, 7) is 0. The number of para-hydroxylation sites is 1. The molecule has 1 aliphatic carbocycles. The molecule has 0 saturated carbocycles. The minimum atomic E-state index is 0.0975. The summed E-state index contributed by atoms with van der Waals surface area (Å²) in [6.07, 6.45) is 0. The average molecular weight is 373 g/mol. The lowest BCUT2D eigenvalue weighted by molar-refractivity contribution is 0.746. The fourth-order valence-electron chi connectivity index (χ4n) is 4.86. The molecule has 29 heavy (non-hydrogen) atoms. The zero-order chi connectivity index (χ0) is 19.5. The Kier molecular flexibility index (Phi) is 3.24. The van der Waals surface area contributed by atoms with Crippen LogP contribution in [0.25, 0.3) is 32.9 Å². The van der Waals surface area contributed by atoms with Gasteiger partial charge in [-0.3, -0.25) is 5.41 Å². The SMILES string of the molecule is N=C(N)c1ccc2c(c1)c1ccccc1n2C1c2ccccc2-c2ccccc21. The molecule has 0 atom stereocenters. The zero-order valence-electron chi connectivity index (χ0n) is 15.8. The molecule has 3 nitrogen and oxygen atoms in total. The van der Waals surface area contributed by atoms with Crippen molar-refractivity contribution < 1.29 is 0 Å². The topological polar surface area (TPSA) is 54.8 Å². The van der Waals surface area contributed by atoms with Crippen LogP contribution in [0.2, 0.25) is 0 Å². The van der Waals surface area contributed by atoms with Crippen LogP contribution in [-0.2, 0) is 0 Å². The van der Waals surface area contributed by atoms with Gasteiger partial charge in [-0.05, 0) is 46.5 Å². The molecule has 0 fully saturated rings. The summed E-state index contributed by atoms with van der Waals surface area (Å²) in [7, 11) is 0. The Labute approximate surface area is 168 Å². The van der Waals surface area contributed by atoms with Gasteiger partial charge in [-0.2, -0.15) is 0 Å². The summed E-state index contributed by atoms with van der Waals surface area (Å²) in [5, 5.41) is 10.2. The molecular formula is C26H19N3. The summed E-state index contributed by atoms with van der Waals surface area (Å²) >= 11 is 0. The fourth-order valence-corrected chi connectivity index (χ4v) is 4.86. The van der Waals surface area contributed by atoms with Gasteiger partial charge in [0.25, 0.3) is 0 Å². The van der Waals surface area contributed by atoms with Crippen LogP contribution in [0.5, 0.6) is 0 Å². The third-order valence-corrected chi connectivity index (χ3v) is 6.08. The lowest BCUT2D eigenvalue weighted by Crippen LogP contribution is -2.11. The first kappa shape index (κ1) is 16.1. The van der Waals surface area contributed by atoms with E-state index in [2.05, 4.69) is 83.4 Å². The van der Waals surface area contributed by atoms with Gasteiger partial charge in [-0.1, -0.05) is 66.7 Å². The Bertz CT molecular complexity index is 1400. The Hall–Kier alpha value is -3.85. The van der Waals surface area contributed by atoms with E-state index < -0.39 is 0 Å². The van der Waals surface area contributed by atoms with Gasteiger partial charge in [0.2, 0.25) is 0 Å². The van der Waals surface area contributed by atoms with Crippen molar-refractivity contribution in [2.24, 2.45) is 5.73 Å². The summed E-state index contributed by atoms with van der Waals surface area (Å²) in [5.74, 6) is 0.0975. The standard InChI is InChI=1S/C26H19N3/c27-26(28)16-13-14-24-22(15-16)19-9-5-6-12-23(19)29(24)25-20-10-3-1-7-17(20)18-8-2-4-11-21(18)25/h1-15,25H,(H3,27,28). The highest BCUT2D eigenvalue weighted by Gasteiger charge is 2.31. The van der Waals surface area contributed by atoms with E-state index in [0.29, 0.717) is 0 Å². The lowest BCUT2D eigenvalue weighted by atomic mass is 10.0. The van der Waals surface area contributed by atoms with Gasteiger partial charge >= 0.3 is 0 Å². The van der Waals surface area contributed by atoms with Gasteiger partial charge in [0.05, 0.1) is 11.6 Å². The van der Waals surface area contributed by atoms with E-state index in [4.69, 9.17) is 11.1 Å². The molecule has 3 heteroatoms. The molecule has 1 aliphatic rings. The number of hydrogen-bond acceptors (Lipinski definition) is 1. The molecular weight excluding hydrogens is 354 g/mol. The minimum absolute atomic E-state index is 0.0975. The Morgan fingerprint density at radius 3 is 1.97 bits per heavy atom. The maximum absolute atomic E-state index is 7.86. The molecule has 0 aliphatic heterocycles. The molecule has 0 unspecified atom stereocenters. The molecule has 5 aromatic rings. The van der Waals surface area contributed by atoms with E-state index >= 15 is 0 Å². The first-order valence-corrected chi connectivity index (χ1v) is 9.79. The van der Waals surface area contributed by atoms with Crippen LogP contribution < -0.4 is 5.73 Å². The molecule has 0 spiro atoms. The quantitative estimate of drug-likeness (QED) is 0.297. The van der Waals surface area contributed by atoms with E-state index in [9.17, 15) is 0 Å². The van der Waals surface area contributed by atoms with Crippen LogP contribution in [-0.4, -0.2) is 10.4 Å². The first-order valence-electron chi connectivity index (χ1n) is 9.79. The van der Waals surface area contributed by atoms with Gasteiger partial charge < -0.3 is 10.3 Å². The molecule has 4 aromatic carbocycles. The second kappa shape index (κ2) is 5.82. The predicted molar refractivity (Wildman–Crippen MR) is 120 cm³/mol. The fraction of sp³-hybridized carbons (Fsp3) is 0.0385. The zero-order valence-corrected chi connectivity index (χ0v) is 15.8.